The van der Waals surface area contributed by atoms with Gasteiger partial charge in [-0.25, -0.2) is 0 Å². The number of hydrogen-bond donors (Lipinski definition) is 1. The summed E-state index contributed by atoms with van der Waals surface area (Å²) in [5, 5.41) is 12.8. The Kier molecular flexibility index (Phi) is 3.70. The Morgan fingerprint density at radius 3 is 2.32 bits per heavy atom. The average Bonchev–Trinajstić information content (AvgIpc) is 3.09. The molecule has 1 N–H and O–H groups in total. The van der Waals surface area contributed by atoms with Gasteiger partial charge in [0, 0.05) is 56.1 Å². The lowest BCUT2D eigenvalue weighted by molar-refractivity contribution is -0.287. The van der Waals surface area contributed by atoms with Crippen LogP contribution in [0.3, 0.4) is 0 Å². The molecular weight excluding hydrogens is 438 g/mol. The Morgan fingerprint density at radius 2 is 1.68 bits per heavy atom. The summed E-state index contributed by atoms with van der Waals surface area (Å²) in [6, 6.07) is 0.101. The van der Waals surface area contributed by atoms with Gasteiger partial charge in [-0.2, -0.15) is 0 Å². The lowest BCUT2D eigenvalue weighted by Crippen LogP contribution is -2.77. The normalized spacial score (nSPS) is 58.7. The van der Waals surface area contributed by atoms with Crippen LogP contribution in [0, 0.1) is 34.0 Å². The van der Waals surface area contributed by atoms with E-state index in [0.717, 1.165) is 25.0 Å². The molecule has 184 valence electrons. The van der Waals surface area contributed by atoms with Gasteiger partial charge in [0.15, 0.2) is 0 Å². The smallest absolute Gasteiger partial charge is 0.303 e. The summed E-state index contributed by atoms with van der Waals surface area (Å²) in [6.45, 7) is 11.7. The molecular formula is C26H33NO7. The molecule has 6 aliphatic carbocycles. The summed E-state index contributed by atoms with van der Waals surface area (Å²) in [5.74, 6) is -1.34. The standard InChI is InChI=1S/C26H33NO7/c1-11-6-24-9-16-19-23(5)7-15(32-12(2)28)8-25(19)20(24)18(33-13(3)29)17(11)21(34-14(4)30)26(24,31)22(25)27(16)10-23/h15-22,31H,1,6-10H2,2-5H3/t15-,16-,17+,18+,19+,20+,21+,22-,23-,24-,25-,26-/m0/s1. The van der Waals surface area contributed by atoms with E-state index in [9.17, 15) is 19.5 Å². The molecule has 3 aliphatic heterocycles. The van der Waals surface area contributed by atoms with Gasteiger partial charge >= 0.3 is 17.9 Å². The second-order valence-corrected chi connectivity index (χ2v) is 12.7. The van der Waals surface area contributed by atoms with Gasteiger partial charge in [0.2, 0.25) is 0 Å². The molecule has 0 amide bonds. The van der Waals surface area contributed by atoms with Crippen molar-refractivity contribution < 1.29 is 33.7 Å². The van der Waals surface area contributed by atoms with Gasteiger partial charge < -0.3 is 19.3 Å². The maximum Gasteiger partial charge on any atom is 0.303 e. The fourth-order valence-corrected chi connectivity index (χ4v) is 11.6. The first-order chi connectivity index (χ1) is 15.9. The van der Waals surface area contributed by atoms with Crippen LogP contribution in [0.4, 0.5) is 0 Å². The molecule has 9 bridgehead atoms. The highest BCUT2D eigenvalue weighted by Crippen LogP contribution is 2.88. The Balaban J connectivity index is 1.48. The first-order valence-corrected chi connectivity index (χ1v) is 12.6. The number of carbonyl (C=O) groups is 3. The maximum atomic E-state index is 12.8. The largest absolute Gasteiger partial charge is 0.463 e. The van der Waals surface area contributed by atoms with E-state index >= 15 is 0 Å². The van der Waals surface area contributed by atoms with Crippen molar-refractivity contribution in [3.63, 3.8) is 0 Å². The van der Waals surface area contributed by atoms with Gasteiger partial charge in [-0.3, -0.25) is 19.3 Å². The zero-order valence-electron chi connectivity index (χ0n) is 20.2. The molecule has 3 saturated heterocycles. The maximum absolute atomic E-state index is 12.8. The van der Waals surface area contributed by atoms with Crippen LogP contribution in [0.5, 0.6) is 0 Å². The Bertz CT molecular complexity index is 1070. The fourth-order valence-electron chi connectivity index (χ4n) is 11.6. The molecule has 9 rings (SSSR count). The van der Waals surface area contributed by atoms with Gasteiger partial charge in [-0.1, -0.05) is 19.1 Å². The van der Waals surface area contributed by atoms with Gasteiger partial charge in [0.05, 0.1) is 5.92 Å². The lowest BCUT2D eigenvalue weighted by atomic mass is 9.39. The van der Waals surface area contributed by atoms with Crippen molar-refractivity contribution in [2.75, 3.05) is 6.54 Å². The van der Waals surface area contributed by atoms with E-state index in [2.05, 4.69) is 18.4 Å². The lowest BCUT2D eigenvalue weighted by Gasteiger charge is -2.68. The van der Waals surface area contributed by atoms with Crippen molar-refractivity contribution >= 4 is 17.9 Å². The van der Waals surface area contributed by atoms with Crippen molar-refractivity contribution in [2.45, 2.75) is 89.4 Å². The van der Waals surface area contributed by atoms with E-state index < -0.39 is 35.1 Å². The number of carbonyl (C=O) groups excluding carboxylic acids is 3. The number of hydrogen-bond acceptors (Lipinski definition) is 8. The van der Waals surface area contributed by atoms with Crippen LogP contribution in [-0.2, 0) is 28.6 Å². The second-order valence-electron chi connectivity index (χ2n) is 12.7. The summed E-state index contributed by atoms with van der Waals surface area (Å²) < 4.78 is 17.9. The molecule has 0 aromatic heterocycles. The molecule has 3 heterocycles. The van der Waals surface area contributed by atoms with Crippen molar-refractivity contribution in [1.29, 1.82) is 0 Å². The predicted octanol–water partition coefficient (Wildman–Crippen LogP) is 1.59. The number of esters is 3. The van der Waals surface area contributed by atoms with Crippen LogP contribution in [0.1, 0.15) is 53.4 Å². The number of fused-ring (bicyclic) bond motifs is 1. The van der Waals surface area contributed by atoms with Gasteiger partial charge in [-0.05, 0) is 37.0 Å². The van der Waals surface area contributed by atoms with E-state index in [0.29, 0.717) is 24.8 Å². The van der Waals surface area contributed by atoms with E-state index in [1.165, 1.54) is 20.8 Å². The molecule has 0 aromatic rings. The van der Waals surface area contributed by atoms with Gasteiger partial charge in [0.25, 0.3) is 0 Å². The molecule has 9 aliphatic rings. The first-order valence-electron chi connectivity index (χ1n) is 12.6. The SMILES string of the molecule is C=C1C[C@]23C[C@H]4[C@@H]5[C@@]6(C)C[C@H](OC(C)=O)C[C@@]57[C@@H]2[C@H](OC(C)=O)[C@@H]1[C@@H](OC(C)=O)[C@]3(O)[C@H]7N4C6. The third-order valence-electron chi connectivity index (χ3n) is 11.1. The number of aliphatic hydroxyl groups is 1. The van der Waals surface area contributed by atoms with Crippen LogP contribution in [-0.4, -0.2) is 70.5 Å². The molecule has 34 heavy (non-hydrogen) atoms. The minimum atomic E-state index is -1.25. The Labute approximate surface area is 199 Å². The molecule has 0 aromatic carbocycles. The topological polar surface area (TPSA) is 102 Å². The number of nitrogens with zero attached hydrogens (tertiary/aromatic N) is 1. The van der Waals surface area contributed by atoms with Crippen LogP contribution in [0.25, 0.3) is 0 Å². The minimum Gasteiger partial charge on any atom is -0.463 e. The van der Waals surface area contributed by atoms with Crippen LogP contribution in [0.2, 0.25) is 0 Å². The summed E-state index contributed by atoms with van der Waals surface area (Å²) in [6.07, 6.45) is 1.31. The minimum absolute atomic E-state index is 0.0526. The van der Waals surface area contributed by atoms with Crippen molar-refractivity contribution in [3.05, 3.63) is 12.2 Å². The van der Waals surface area contributed by atoms with E-state index in [1.807, 2.05) is 0 Å². The van der Waals surface area contributed by atoms with E-state index in [4.69, 9.17) is 14.2 Å². The zero-order valence-corrected chi connectivity index (χ0v) is 20.2. The van der Waals surface area contributed by atoms with Crippen molar-refractivity contribution in [1.82, 2.24) is 4.90 Å². The third-order valence-corrected chi connectivity index (χ3v) is 11.1. The van der Waals surface area contributed by atoms with Crippen molar-refractivity contribution in [3.8, 4) is 0 Å². The molecule has 0 radical (unpaired) electrons. The van der Waals surface area contributed by atoms with E-state index in [-0.39, 0.29) is 40.8 Å². The molecule has 8 nitrogen and oxygen atoms in total. The molecule has 8 heteroatoms. The highest BCUT2D eigenvalue weighted by Gasteiger charge is 2.96. The number of ether oxygens (including phenoxy) is 3. The molecule has 9 fully saturated rings. The van der Waals surface area contributed by atoms with Gasteiger partial charge in [-0.15, -0.1) is 0 Å². The molecule has 13 atom stereocenters. The van der Waals surface area contributed by atoms with Crippen molar-refractivity contribution in [2.24, 2.45) is 34.0 Å². The Hall–Kier alpha value is -1.93. The average molecular weight is 472 g/mol. The number of piperidine rings is 2. The predicted molar refractivity (Wildman–Crippen MR) is 117 cm³/mol. The summed E-state index contributed by atoms with van der Waals surface area (Å²) in [4.78, 5) is 39.2. The highest BCUT2D eigenvalue weighted by atomic mass is 16.6. The first kappa shape index (κ1) is 21.4. The van der Waals surface area contributed by atoms with Crippen LogP contribution < -0.4 is 0 Å². The van der Waals surface area contributed by atoms with Gasteiger partial charge in [0.1, 0.15) is 23.9 Å². The van der Waals surface area contributed by atoms with E-state index in [1.54, 1.807) is 0 Å². The third kappa shape index (κ3) is 1.95. The fraction of sp³-hybridized carbons (Fsp3) is 0.808. The van der Waals surface area contributed by atoms with Crippen LogP contribution in [0.15, 0.2) is 12.2 Å². The molecule has 1 unspecified atom stereocenters. The molecule has 6 saturated carbocycles. The Morgan fingerprint density at radius 1 is 1.00 bits per heavy atom. The summed E-state index contributed by atoms with van der Waals surface area (Å²) in [7, 11) is 0. The monoisotopic (exact) mass is 471 g/mol. The molecule has 2 spiro atoms. The quantitative estimate of drug-likeness (QED) is 0.376. The zero-order chi connectivity index (χ0) is 24.2. The number of rotatable bonds is 3. The van der Waals surface area contributed by atoms with Crippen LogP contribution >= 0.6 is 0 Å². The summed E-state index contributed by atoms with van der Waals surface area (Å²) in [5.41, 5.74) is -1.37. The highest BCUT2D eigenvalue weighted by molar-refractivity contribution is 5.68. The summed E-state index contributed by atoms with van der Waals surface area (Å²) >= 11 is 0. The second kappa shape index (κ2) is 5.89.